The SMILES string of the molecule is COCC(=O)Nc1cncc(OCc2ccccc2)c1. The number of anilines is 1. The fourth-order valence-electron chi connectivity index (χ4n) is 1.64. The van der Waals surface area contributed by atoms with Crippen LogP contribution in [0.4, 0.5) is 5.69 Å². The number of carbonyl (C=O) groups is 1. The Morgan fingerprint density at radius 3 is 2.80 bits per heavy atom. The van der Waals surface area contributed by atoms with Gasteiger partial charge >= 0.3 is 0 Å². The van der Waals surface area contributed by atoms with Gasteiger partial charge in [0.05, 0.1) is 18.1 Å². The summed E-state index contributed by atoms with van der Waals surface area (Å²) < 4.78 is 10.4. The molecule has 0 aliphatic carbocycles. The van der Waals surface area contributed by atoms with Gasteiger partial charge in [-0.15, -0.1) is 0 Å². The van der Waals surface area contributed by atoms with Crippen molar-refractivity contribution in [1.29, 1.82) is 0 Å². The van der Waals surface area contributed by atoms with Gasteiger partial charge in [-0.05, 0) is 5.56 Å². The average molecular weight is 272 g/mol. The molecule has 20 heavy (non-hydrogen) atoms. The first-order valence-corrected chi connectivity index (χ1v) is 6.18. The Morgan fingerprint density at radius 2 is 2.05 bits per heavy atom. The molecule has 2 aromatic rings. The van der Waals surface area contributed by atoms with Gasteiger partial charge < -0.3 is 14.8 Å². The number of aromatic nitrogens is 1. The van der Waals surface area contributed by atoms with Crippen LogP contribution < -0.4 is 10.1 Å². The summed E-state index contributed by atoms with van der Waals surface area (Å²) in [6.07, 6.45) is 3.16. The van der Waals surface area contributed by atoms with Gasteiger partial charge in [0.15, 0.2) is 0 Å². The standard InChI is InChI=1S/C15H16N2O3/c1-19-11-15(18)17-13-7-14(9-16-8-13)20-10-12-5-3-2-4-6-12/h2-9H,10-11H2,1H3,(H,17,18). The normalized spacial score (nSPS) is 10.1. The van der Waals surface area contributed by atoms with Gasteiger partial charge in [-0.2, -0.15) is 0 Å². The number of hydrogen-bond acceptors (Lipinski definition) is 4. The maximum Gasteiger partial charge on any atom is 0.250 e. The Morgan fingerprint density at radius 1 is 1.25 bits per heavy atom. The number of hydrogen-bond donors (Lipinski definition) is 1. The van der Waals surface area contributed by atoms with Crippen molar-refractivity contribution < 1.29 is 14.3 Å². The summed E-state index contributed by atoms with van der Waals surface area (Å²) in [5.74, 6) is 0.374. The third kappa shape index (κ3) is 4.37. The number of methoxy groups -OCH3 is 1. The van der Waals surface area contributed by atoms with Crippen LogP contribution in [0.3, 0.4) is 0 Å². The minimum atomic E-state index is -0.227. The van der Waals surface area contributed by atoms with E-state index in [-0.39, 0.29) is 12.5 Å². The summed E-state index contributed by atoms with van der Waals surface area (Å²) in [5, 5.41) is 2.67. The molecule has 5 nitrogen and oxygen atoms in total. The van der Waals surface area contributed by atoms with Gasteiger partial charge in [-0.3, -0.25) is 9.78 Å². The van der Waals surface area contributed by atoms with Crippen molar-refractivity contribution in [2.24, 2.45) is 0 Å². The van der Waals surface area contributed by atoms with Gasteiger partial charge in [-0.25, -0.2) is 0 Å². The summed E-state index contributed by atoms with van der Waals surface area (Å²) in [6, 6.07) is 11.6. The average Bonchev–Trinajstić information content (AvgIpc) is 2.47. The number of ether oxygens (including phenoxy) is 2. The lowest BCUT2D eigenvalue weighted by Gasteiger charge is -2.08. The maximum atomic E-state index is 11.4. The molecule has 104 valence electrons. The first-order valence-electron chi connectivity index (χ1n) is 6.18. The Bertz CT molecular complexity index is 558. The molecule has 0 unspecified atom stereocenters. The molecule has 0 fully saturated rings. The molecule has 1 N–H and O–H groups in total. The summed E-state index contributed by atoms with van der Waals surface area (Å²) in [7, 11) is 1.47. The number of rotatable bonds is 6. The Hall–Kier alpha value is -2.40. The number of nitrogens with zero attached hydrogens (tertiary/aromatic N) is 1. The molecular weight excluding hydrogens is 256 g/mol. The second kappa shape index (κ2) is 7.25. The number of nitrogens with one attached hydrogen (secondary N) is 1. The quantitative estimate of drug-likeness (QED) is 0.876. The van der Waals surface area contributed by atoms with E-state index in [0.717, 1.165) is 5.56 Å². The molecule has 0 radical (unpaired) electrons. The van der Waals surface area contributed by atoms with E-state index in [2.05, 4.69) is 10.3 Å². The lowest BCUT2D eigenvalue weighted by atomic mass is 10.2. The second-order valence-electron chi connectivity index (χ2n) is 4.16. The molecule has 0 atom stereocenters. The first-order chi connectivity index (χ1) is 9.78. The molecule has 1 aromatic carbocycles. The molecule has 1 aromatic heterocycles. The van der Waals surface area contributed by atoms with E-state index in [1.807, 2.05) is 30.3 Å². The van der Waals surface area contributed by atoms with Gasteiger partial charge in [0.1, 0.15) is 19.0 Å². The third-order valence-electron chi connectivity index (χ3n) is 2.52. The number of carbonyl (C=O) groups excluding carboxylic acids is 1. The second-order valence-corrected chi connectivity index (χ2v) is 4.16. The number of pyridine rings is 1. The van der Waals surface area contributed by atoms with Crippen molar-refractivity contribution >= 4 is 11.6 Å². The smallest absolute Gasteiger partial charge is 0.250 e. The van der Waals surface area contributed by atoms with Gasteiger partial charge in [0.2, 0.25) is 5.91 Å². The molecule has 2 rings (SSSR count). The van der Waals surface area contributed by atoms with Crippen LogP contribution in [0.25, 0.3) is 0 Å². The molecule has 1 heterocycles. The van der Waals surface area contributed by atoms with Crippen LogP contribution in [0.15, 0.2) is 48.8 Å². The van der Waals surface area contributed by atoms with Crippen molar-refractivity contribution in [3.8, 4) is 5.75 Å². The zero-order valence-electron chi connectivity index (χ0n) is 11.2. The molecule has 0 saturated heterocycles. The van der Waals surface area contributed by atoms with Crippen LogP contribution in [-0.2, 0) is 16.1 Å². The van der Waals surface area contributed by atoms with Crippen LogP contribution in [0.2, 0.25) is 0 Å². The highest BCUT2D eigenvalue weighted by atomic mass is 16.5. The van der Waals surface area contributed by atoms with Crippen molar-refractivity contribution in [2.75, 3.05) is 19.0 Å². The molecule has 0 bridgehead atoms. The predicted octanol–water partition coefficient (Wildman–Crippen LogP) is 2.25. The van der Waals surface area contributed by atoms with Crippen molar-refractivity contribution in [3.63, 3.8) is 0 Å². The zero-order chi connectivity index (χ0) is 14.2. The molecular formula is C15H16N2O3. The monoisotopic (exact) mass is 272 g/mol. The molecule has 5 heteroatoms. The van der Waals surface area contributed by atoms with Crippen molar-refractivity contribution in [1.82, 2.24) is 4.98 Å². The Kier molecular flexibility index (Phi) is 5.08. The van der Waals surface area contributed by atoms with E-state index in [0.29, 0.717) is 18.0 Å². The third-order valence-corrected chi connectivity index (χ3v) is 2.52. The highest BCUT2D eigenvalue weighted by molar-refractivity contribution is 5.91. The van der Waals surface area contributed by atoms with Gasteiger partial charge in [-0.1, -0.05) is 30.3 Å². The minimum absolute atomic E-state index is 0.00903. The van der Waals surface area contributed by atoms with Crippen LogP contribution in [0.1, 0.15) is 5.56 Å². The fourth-order valence-corrected chi connectivity index (χ4v) is 1.64. The van der Waals surface area contributed by atoms with Crippen LogP contribution in [-0.4, -0.2) is 24.6 Å². The van der Waals surface area contributed by atoms with Crippen molar-refractivity contribution in [3.05, 3.63) is 54.4 Å². The van der Waals surface area contributed by atoms with E-state index in [4.69, 9.17) is 9.47 Å². The summed E-state index contributed by atoms with van der Waals surface area (Å²) in [4.78, 5) is 15.4. The largest absolute Gasteiger partial charge is 0.487 e. The summed E-state index contributed by atoms with van der Waals surface area (Å²) in [6.45, 7) is 0.465. The molecule has 0 saturated carbocycles. The van der Waals surface area contributed by atoms with E-state index < -0.39 is 0 Å². The molecule has 0 spiro atoms. The topological polar surface area (TPSA) is 60.5 Å². The zero-order valence-corrected chi connectivity index (χ0v) is 11.2. The van der Waals surface area contributed by atoms with Crippen LogP contribution >= 0.6 is 0 Å². The molecule has 1 amide bonds. The van der Waals surface area contributed by atoms with Crippen LogP contribution in [0, 0.1) is 0 Å². The van der Waals surface area contributed by atoms with E-state index in [1.165, 1.54) is 7.11 Å². The van der Waals surface area contributed by atoms with Crippen LogP contribution in [0.5, 0.6) is 5.75 Å². The Labute approximate surface area is 117 Å². The van der Waals surface area contributed by atoms with E-state index in [1.54, 1.807) is 18.5 Å². The highest BCUT2D eigenvalue weighted by Gasteiger charge is 2.03. The Balaban J connectivity index is 1.94. The summed E-state index contributed by atoms with van der Waals surface area (Å²) >= 11 is 0. The fraction of sp³-hybridized carbons (Fsp3) is 0.200. The van der Waals surface area contributed by atoms with Gasteiger partial charge in [0, 0.05) is 13.2 Å². The van der Waals surface area contributed by atoms with Crippen molar-refractivity contribution in [2.45, 2.75) is 6.61 Å². The lowest BCUT2D eigenvalue weighted by molar-refractivity contribution is -0.119. The lowest BCUT2D eigenvalue weighted by Crippen LogP contribution is -2.17. The predicted molar refractivity (Wildman–Crippen MR) is 75.5 cm³/mol. The number of amides is 1. The first kappa shape index (κ1) is 14.0. The van der Waals surface area contributed by atoms with E-state index in [9.17, 15) is 4.79 Å². The molecule has 0 aliphatic heterocycles. The maximum absolute atomic E-state index is 11.4. The van der Waals surface area contributed by atoms with E-state index >= 15 is 0 Å². The number of benzene rings is 1. The minimum Gasteiger partial charge on any atom is -0.487 e. The highest BCUT2D eigenvalue weighted by Crippen LogP contribution is 2.16. The molecule has 0 aliphatic rings. The van der Waals surface area contributed by atoms with Gasteiger partial charge in [0.25, 0.3) is 0 Å². The summed E-state index contributed by atoms with van der Waals surface area (Å²) in [5.41, 5.74) is 1.65.